The molecule has 1 aromatic heterocycles. The Bertz CT molecular complexity index is 576. The number of amides is 2. The Hall–Kier alpha value is -1.40. The van der Waals surface area contributed by atoms with Crippen molar-refractivity contribution in [2.45, 2.75) is 53.0 Å². The molecule has 0 aliphatic carbocycles. The Kier molecular flexibility index (Phi) is 5.47. The van der Waals surface area contributed by atoms with Crippen LogP contribution in [-0.2, 0) is 6.42 Å². The van der Waals surface area contributed by atoms with E-state index in [1.165, 1.54) is 11.5 Å². The van der Waals surface area contributed by atoms with Crippen LogP contribution in [0.1, 0.15) is 45.4 Å². The van der Waals surface area contributed by atoms with Gasteiger partial charge in [0, 0.05) is 17.6 Å². The minimum Gasteiger partial charge on any atom is -0.306 e. The number of carbonyl (C=O) groups excluding carboxylic acids is 1. The molecule has 0 aromatic carbocycles. The van der Waals surface area contributed by atoms with Gasteiger partial charge in [0.1, 0.15) is 5.00 Å². The van der Waals surface area contributed by atoms with Crippen LogP contribution in [0.15, 0.2) is 12.7 Å². The Labute approximate surface area is 143 Å². The maximum absolute atomic E-state index is 13.0. The minimum absolute atomic E-state index is 0.0711. The van der Waals surface area contributed by atoms with Gasteiger partial charge in [-0.05, 0) is 52.1 Å². The maximum Gasteiger partial charge on any atom is 0.327 e. The van der Waals surface area contributed by atoms with Crippen LogP contribution in [0, 0.1) is 6.92 Å². The summed E-state index contributed by atoms with van der Waals surface area (Å²) in [6.45, 7) is 16.4. The van der Waals surface area contributed by atoms with Crippen molar-refractivity contribution in [3.8, 4) is 0 Å². The molecular weight excluding hydrogens is 308 g/mol. The van der Waals surface area contributed by atoms with Gasteiger partial charge in [-0.15, -0.1) is 6.58 Å². The molecule has 0 atom stereocenters. The molecule has 1 fully saturated rings. The first-order valence-electron chi connectivity index (χ1n) is 8.17. The Morgan fingerprint density at radius 1 is 1.35 bits per heavy atom. The molecule has 6 heteroatoms. The summed E-state index contributed by atoms with van der Waals surface area (Å²) >= 11 is 1.43. The van der Waals surface area contributed by atoms with Gasteiger partial charge in [-0.2, -0.15) is 4.37 Å². The van der Waals surface area contributed by atoms with Crippen molar-refractivity contribution in [3.05, 3.63) is 23.9 Å². The Balaban J connectivity index is 2.33. The molecule has 1 aromatic rings. The van der Waals surface area contributed by atoms with Gasteiger partial charge >= 0.3 is 6.03 Å². The highest BCUT2D eigenvalue weighted by molar-refractivity contribution is 7.10. The van der Waals surface area contributed by atoms with E-state index in [4.69, 9.17) is 0 Å². The first-order chi connectivity index (χ1) is 10.8. The second kappa shape index (κ2) is 7.01. The van der Waals surface area contributed by atoms with E-state index < -0.39 is 0 Å². The summed E-state index contributed by atoms with van der Waals surface area (Å²) in [7, 11) is 0. The number of aryl methyl sites for hydroxylation is 1. The van der Waals surface area contributed by atoms with Gasteiger partial charge in [-0.1, -0.05) is 13.0 Å². The largest absolute Gasteiger partial charge is 0.327 e. The minimum atomic E-state index is -0.214. The van der Waals surface area contributed by atoms with E-state index in [0.29, 0.717) is 13.3 Å². The molecule has 2 amide bonds. The van der Waals surface area contributed by atoms with Gasteiger partial charge in [0.05, 0.1) is 19.0 Å². The lowest BCUT2D eigenvalue weighted by molar-refractivity contribution is 0.0646. The zero-order chi connectivity index (χ0) is 17.2. The fraction of sp³-hybridized carbons (Fsp3) is 0.647. The average molecular weight is 337 g/mol. The van der Waals surface area contributed by atoms with Gasteiger partial charge in [0.25, 0.3) is 0 Å². The summed E-state index contributed by atoms with van der Waals surface area (Å²) in [4.78, 5) is 19.1. The van der Waals surface area contributed by atoms with Gasteiger partial charge in [0.2, 0.25) is 0 Å². The maximum atomic E-state index is 13.0. The normalized spacial score (nSPS) is 17.0. The smallest absolute Gasteiger partial charge is 0.306 e. The third-order valence-electron chi connectivity index (χ3n) is 4.18. The highest BCUT2D eigenvalue weighted by Gasteiger charge is 2.38. The van der Waals surface area contributed by atoms with Crippen LogP contribution in [0.3, 0.4) is 0 Å². The summed E-state index contributed by atoms with van der Waals surface area (Å²) in [6, 6.07) is 0.0711. The van der Waals surface area contributed by atoms with Crippen molar-refractivity contribution in [1.82, 2.24) is 14.2 Å². The van der Waals surface area contributed by atoms with Crippen molar-refractivity contribution in [1.29, 1.82) is 0 Å². The van der Waals surface area contributed by atoms with E-state index in [0.717, 1.165) is 35.6 Å². The van der Waals surface area contributed by atoms with Gasteiger partial charge < -0.3 is 4.90 Å². The molecule has 5 nitrogen and oxygen atoms in total. The summed E-state index contributed by atoms with van der Waals surface area (Å²) < 4.78 is 4.51. The number of carbonyl (C=O) groups is 1. The zero-order valence-electron chi connectivity index (χ0n) is 14.9. The number of hydrogen-bond acceptors (Lipinski definition) is 4. The molecule has 0 bridgehead atoms. The molecule has 2 rings (SSSR count). The number of urea groups is 1. The highest BCUT2D eigenvalue weighted by Crippen LogP contribution is 2.32. The molecule has 0 saturated carbocycles. The number of aromatic nitrogens is 1. The van der Waals surface area contributed by atoms with Crippen LogP contribution < -0.4 is 4.90 Å². The lowest BCUT2D eigenvalue weighted by atomic mass is 10.1. The predicted molar refractivity (Wildman–Crippen MR) is 97.0 cm³/mol. The molecule has 128 valence electrons. The molecule has 0 radical (unpaired) electrons. The van der Waals surface area contributed by atoms with E-state index in [9.17, 15) is 4.79 Å². The lowest BCUT2D eigenvalue weighted by Crippen LogP contribution is -2.63. The Morgan fingerprint density at radius 3 is 2.57 bits per heavy atom. The van der Waals surface area contributed by atoms with Crippen LogP contribution in [0.2, 0.25) is 0 Å². The standard InChI is InChI=1S/C17H28N4OS/c1-7-9-10-19-11-20(15-13(3)14(8-2)18-23-15)16(22)21(12-19)17(4,5)6/h7H,1,8-12H2,2-6H3. The monoisotopic (exact) mass is 336 g/mol. The van der Waals surface area contributed by atoms with Crippen LogP contribution in [0.25, 0.3) is 0 Å². The third kappa shape index (κ3) is 3.75. The third-order valence-corrected chi connectivity index (χ3v) is 5.19. The number of hydrogen-bond donors (Lipinski definition) is 0. The predicted octanol–water partition coefficient (Wildman–Crippen LogP) is 3.85. The van der Waals surface area contributed by atoms with Crippen molar-refractivity contribution in [2.24, 2.45) is 0 Å². The Morgan fingerprint density at radius 2 is 2.04 bits per heavy atom. The summed E-state index contributed by atoms with van der Waals surface area (Å²) in [5, 5.41) is 0.976. The first kappa shape index (κ1) is 17.9. The summed E-state index contributed by atoms with van der Waals surface area (Å²) in [5.74, 6) is 0. The fourth-order valence-electron chi connectivity index (χ4n) is 2.72. The van der Waals surface area contributed by atoms with E-state index in [1.54, 1.807) is 0 Å². The van der Waals surface area contributed by atoms with Crippen LogP contribution >= 0.6 is 11.5 Å². The van der Waals surface area contributed by atoms with Crippen molar-refractivity contribution >= 4 is 22.6 Å². The second-order valence-electron chi connectivity index (χ2n) is 6.98. The average Bonchev–Trinajstić information content (AvgIpc) is 2.85. The topological polar surface area (TPSA) is 39.7 Å². The SMILES string of the molecule is C=CCCN1CN(c2snc(CC)c2C)C(=O)N(C(C)(C)C)C1. The van der Waals surface area contributed by atoms with Crippen LogP contribution in [0.5, 0.6) is 0 Å². The molecule has 1 saturated heterocycles. The highest BCUT2D eigenvalue weighted by atomic mass is 32.1. The summed E-state index contributed by atoms with van der Waals surface area (Å²) in [6.07, 6.45) is 3.74. The van der Waals surface area contributed by atoms with E-state index >= 15 is 0 Å². The molecular formula is C17H28N4OS. The van der Waals surface area contributed by atoms with Crippen molar-refractivity contribution in [3.63, 3.8) is 0 Å². The molecule has 0 spiro atoms. The van der Waals surface area contributed by atoms with Crippen molar-refractivity contribution in [2.75, 3.05) is 24.8 Å². The first-order valence-corrected chi connectivity index (χ1v) is 8.94. The molecule has 2 heterocycles. The lowest BCUT2D eigenvalue weighted by Gasteiger charge is -2.47. The fourth-order valence-corrected chi connectivity index (χ4v) is 3.67. The van der Waals surface area contributed by atoms with Gasteiger partial charge in [-0.25, -0.2) is 4.79 Å². The summed E-state index contributed by atoms with van der Waals surface area (Å²) in [5.41, 5.74) is 2.00. The molecule has 1 aliphatic rings. The number of rotatable bonds is 5. The molecule has 0 unspecified atom stereocenters. The van der Waals surface area contributed by atoms with E-state index in [-0.39, 0.29) is 11.6 Å². The molecule has 1 aliphatic heterocycles. The quantitative estimate of drug-likeness (QED) is 0.767. The van der Waals surface area contributed by atoms with Crippen LogP contribution in [-0.4, -0.2) is 45.6 Å². The molecule has 0 N–H and O–H groups in total. The van der Waals surface area contributed by atoms with Gasteiger partial charge in [-0.3, -0.25) is 9.80 Å². The zero-order valence-corrected chi connectivity index (χ0v) is 15.7. The van der Waals surface area contributed by atoms with Gasteiger partial charge in [0.15, 0.2) is 0 Å². The molecule has 23 heavy (non-hydrogen) atoms. The van der Waals surface area contributed by atoms with Crippen LogP contribution in [0.4, 0.5) is 9.80 Å². The van der Waals surface area contributed by atoms with E-state index in [2.05, 4.69) is 50.5 Å². The second-order valence-corrected chi connectivity index (χ2v) is 7.73. The number of anilines is 1. The van der Waals surface area contributed by atoms with E-state index in [1.807, 2.05) is 15.9 Å². The number of nitrogens with zero attached hydrogens (tertiary/aromatic N) is 4. The van der Waals surface area contributed by atoms with Crippen molar-refractivity contribution < 1.29 is 4.79 Å².